The lowest BCUT2D eigenvalue weighted by molar-refractivity contribution is -0.0981. The molecule has 0 amide bonds. The van der Waals surface area contributed by atoms with E-state index in [1.165, 1.54) is 0 Å². The van der Waals surface area contributed by atoms with Gasteiger partial charge in [0.25, 0.3) is 0 Å². The first kappa shape index (κ1) is 10.2. The molecule has 0 bridgehead atoms. The number of hydrogen-bond donors (Lipinski definition) is 2. The fourth-order valence-electron chi connectivity index (χ4n) is 1.17. The highest BCUT2D eigenvalue weighted by molar-refractivity contribution is 5.13. The van der Waals surface area contributed by atoms with Gasteiger partial charge in [-0.2, -0.15) is 5.10 Å². The van der Waals surface area contributed by atoms with Crippen molar-refractivity contribution in [3.63, 3.8) is 0 Å². The van der Waals surface area contributed by atoms with E-state index in [-0.39, 0.29) is 0 Å². The maximum Gasteiger partial charge on any atom is 0.154 e. The van der Waals surface area contributed by atoms with Crippen molar-refractivity contribution in [1.29, 1.82) is 0 Å². The predicted molar refractivity (Wildman–Crippen MR) is 49.3 cm³/mol. The van der Waals surface area contributed by atoms with Crippen molar-refractivity contribution in [1.82, 2.24) is 10.2 Å². The molecule has 0 aliphatic carbocycles. The maximum absolute atomic E-state index is 9.28. The Labute approximate surface area is 77.9 Å². The third-order valence-electron chi connectivity index (χ3n) is 1.92. The Morgan fingerprint density at radius 1 is 1.69 bits per heavy atom. The summed E-state index contributed by atoms with van der Waals surface area (Å²) in [7, 11) is 0. The number of H-pyrrole nitrogens is 1. The van der Waals surface area contributed by atoms with Crippen LogP contribution in [-0.2, 0) is 11.2 Å². The van der Waals surface area contributed by atoms with Gasteiger partial charge in [0.1, 0.15) is 0 Å². The number of hydrogen-bond acceptors (Lipinski definition) is 3. The van der Waals surface area contributed by atoms with Gasteiger partial charge >= 0.3 is 0 Å². The summed E-state index contributed by atoms with van der Waals surface area (Å²) in [5.74, 6) is 0. The molecule has 13 heavy (non-hydrogen) atoms. The molecule has 1 aromatic rings. The van der Waals surface area contributed by atoms with Crippen LogP contribution in [0.2, 0.25) is 0 Å². The standard InChI is InChI=1S/C9H16N2O2/c1-3-13-9(12)5-4-8-7(2)6-10-11-8/h6,9,12H,3-5H2,1-2H3,(H,10,11). The Morgan fingerprint density at radius 3 is 3.00 bits per heavy atom. The molecule has 0 radical (unpaired) electrons. The normalized spacial score (nSPS) is 13.2. The minimum atomic E-state index is -0.666. The molecule has 1 heterocycles. The average Bonchev–Trinajstić information content (AvgIpc) is 2.48. The first-order chi connectivity index (χ1) is 6.24. The topological polar surface area (TPSA) is 58.1 Å². The van der Waals surface area contributed by atoms with Gasteiger partial charge in [-0.25, -0.2) is 0 Å². The highest BCUT2D eigenvalue weighted by atomic mass is 16.6. The van der Waals surface area contributed by atoms with E-state index in [1.807, 2.05) is 20.0 Å². The summed E-state index contributed by atoms with van der Waals surface area (Å²) in [6.45, 7) is 4.40. The lowest BCUT2D eigenvalue weighted by Crippen LogP contribution is -2.12. The number of aromatic nitrogens is 2. The number of ether oxygens (including phenoxy) is 1. The average molecular weight is 184 g/mol. The summed E-state index contributed by atoms with van der Waals surface area (Å²) in [4.78, 5) is 0. The SMILES string of the molecule is CCOC(O)CCc1n[nH]cc1C. The van der Waals surface area contributed by atoms with E-state index in [2.05, 4.69) is 10.2 Å². The molecule has 1 aromatic heterocycles. The van der Waals surface area contributed by atoms with Gasteiger partial charge < -0.3 is 9.84 Å². The molecule has 0 aromatic carbocycles. The first-order valence-corrected chi connectivity index (χ1v) is 4.53. The summed E-state index contributed by atoms with van der Waals surface area (Å²) >= 11 is 0. The van der Waals surface area contributed by atoms with Crippen LogP contribution in [0.25, 0.3) is 0 Å². The van der Waals surface area contributed by atoms with Crippen LogP contribution in [-0.4, -0.2) is 28.2 Å². The molecular formula is C9H16N2O2. The summed E-state index contributed by atoms with van der Waals surface area (Å²) < 4.78 is 5.00. The Bertz CT molecular complexity index is 248. The number of aliphatic hydroxyl groups excluding tert-OH is 1. The minimum absolute atomic E-state index is 0.542. The van der Waals surface area contributed by atoms with Gasteiger partial charge in [-0.05, 0) is 25.8 Å². The second-order valence-electron chi connectivity index (χ2n) is 2.96. The molecule has 0 aliphatic rings. The predicted octanol–water partition coefficient (Wildman–Crippen LogP) is 1.01. The fourth-order valence-corrected chi connectivity index (χ4v) is 1.17. The van der Waals surface area contributed by atoms with Gasteiger partial charge in [-0.3, -0.25) is 5.10 Å². The monoisotopic (exact) mass is 184 g/mol. The van der Waals surface area contributed by atoms with Crippen molar-refractivity contribution in [2.24, 2.45) is 0 Å². The van der Waals surface area contributed by atoms with Gasteiger partial charge in [0.15, 0.2) is 6.29 Å². The molecule has 4 heteroatoms. The molecule has 4 nitrogen and oxygen atoms in total. The Morgan fingerprint density at radius 2 is 2.46 bits per heavy atom. The van der Waals surface area contributed by atoms with Crippen molar-refractivity contribution in [2.75, 3.05) is 6.61 Å². The molecule has 1 unspecified atom stereocenters. The number of aromatic amines is 1. The number of rotatable bonds is 5. The molecule has 2 N–H and O–H groups in total. The second-order valence-corrected chi connectivity index (χ2v) is 2.96. The maximum atomic E-state index is 9.28. The Hall–Kier alpha value is -0.870. The molecule has 0 fully saturated rings. The van der Waals surface area contributed by atoms with Gasteiger partial charge in [0.2, 0.25) is 0 Å². The van der Waals surface area contributed by atoms with Crippen molar-refractivity contribution in [2.45, 2.75) is 33.0 Å². The molecule has 0 saturated carbocycles. The quantitative estimate of drug-likeness (QED) is 0.671. The van der Waals surface area contributed by atoms with Crippen LogP contribution in [0.15, 0.2) is 6.20 Å². The van der Waals surface area contributed by atoms with Crippen LogP contribution in [0.3, 0.4) is 0 Å². The van der Waals surface area contributed by atoms with Crippen LogP contribution < -0.4 is 0 Å². The van der Waals surface area contributed by atoms with Crippen LogP contribution in [0.1, 0.15) is 24.6 Å². The Kier molecular flexibility index (Phi) is 3.92. The zero-order chi connectivity index (χ0) is 9.68. The summed E-state index contributed by atoms with van der Waals surface area (Å²) in [5, 5.41) is 16.1. The zero-order valence-electron chi connectivity index (χ0n) is 8.08. The number of nitrogens with one attached hydrogen (secondary N) is 1. The van der Waals surface area contributed by atoms with Gasteiger partial charge in [-0.1, -0.05) is 0 Å². The van der Waals surface area contributed by atoms with E-state index < -0.39 is 6.29 Å². The molecule has 0 saturated heterocycles. The van der Waals surface area contributed by atoms with Crippen molar-refractivity contribution in [3.8, 4) is 0 Å². The zero-order valence-corrected chi connectivity index (χ0v) is 8.08. The van der Waals surface area contributed by atoms with E-state index in [9.17, 15) is 5.11 Å². The molecule has 0 aliphatic heterocycles. The molecule has 1 rings (SSSR count). The molecule has 74 valence electrons. The van der Waals surface area contributed by atoms with Crippen LogP contribution in [0.5, 0.6) is 0 Å². The van der Waals surface area contributed by atoms with E-state index in [0.717, 1.165) is 17.7 Å². The van der Waals surface area contributed by atoms with Crippen LogP contribution in [0.4, 0.5) is 0 Å². The van der Waals surface area contributed by atoms with E-state index in [1.54, 1.807) is 0 Å². The lowest BCUT2D eigenvalue weighted by Gasteiger charge is -2.08. The number of aliphatic hydroxyl groups is 1. The van der Waals surface area contributed by atoms with Crippen molar-refractivity contribution in [3.05, 3.63) is 17.5 Å². The molecule has 1 atom stereocenters. The van der Waals surface area contributed by atoms with Gasteiger partial charge in [0.05, 0.1) is 5.69 Å². The third kappa shape index (κ3) is 3.16. The van der Waals surface area contributed by atoms with Gasteiger partial charge in [0, 0.05) is 19.2 Å². The van der Waals surface area contributed by atoms with Crippen molar-refractivity contribution < 1.29 is 9.84 Å². The van der Waals surface area contributed by atoms with E-state index in [0.29, 0.717) is 13.0 Å². The first-order valence-electron chi connectivity index (χ1n) is 4.53. The van der Waals surface area contributed by atoms with Crippen molar-refractivity contribution >= 4 is 0 Å². The fraction of sp³-hybridized carbons (Fsp3) is 0.667. The van der Waals surface area contributed by atoms with E-state index >= 15 is 0 Å². The third-order valence-corrected chi connectivity index (χ3v) is 1.92. The summed E-state index contributed by atoms with van der Waals surface area (Å²) in [6, 6.07) is 0. The van der Waals surface area contributed by atoms with Crippen LogP contribution >= 0.6 is 0 Å². The minimum Gasteiger partial charge on any atom is -0.368 e. The van der Waals surface area contributed by atoms with Gasteiger partial charge in [-0.15, -0.1) is 0 Å². The highest BCUT2D eigenvalue weighted by Crippen LogP contribution is 2.07. The Balaban J connectivity index is 2.30. The summed E-state index contributed by atoms with van der Waals surface area (Å²) in [5.41, 5.74) is 2.13. The lowest BCUT2D eigenvalue weighted by atomic mass is 10.2. The molecule has 0 spiro atoms. The molecular weight excluding hydrogens is 168 g/mol. The smallest absolute Gasteiger partial charge is 0.154 e. The number of aryl methyl sites for hydroxylation is 2. The second kappa shape index (κ2) is 4.99. The van der Waals surface area contributed by atoms with E-state index in [4.69, 9.17) is 4.74 Å². The number of nitrogens with zero attached hydrogens (tertiary/aromatic N) is 1. The largest absolute Gasteiger partial charge is 0.368 e. The summed E-state index contributed by atoms with van der Waals surface area (Å²) in [6.07, 6.45) is 2.53. The highest BCUT2D eigenvalue weighted by Gasteiger charge is 2.06. The van der Waals surface area contributed by atoms with Crippen LogP contribution in [0, 0.1) is 6.92 Å².